The number of nitrogens with zero attached hydrogens (tertiary/aromatic N) is 2. The van der Waals surface area contributed by atoms with E-state index in [0.717, 1.165) is 11.5 Å². The monoisotopic (exact) mass is 309 g/mol. The first-order chi connectivity index (χ1) is 9.54. The molecule has 1 fully saturated rings. The summed E-state index contributed by atoms with van der Waals surface area (Å²) in [6.07, 6.45) is 2.49. The van der Waals surface area contributed by atoms with Crippen molar-refractivity contribution in [1.82, 2.24) is 9.78 Å². The summed E-state index contributed by atoms with van der Waals surface area (Å²) in [6.45, 7) is 4.09. The third-order valence-electron chi connectivity index (χ3n) is 3.59. The number of thiophene rings is 1. The van der Waals surface area contributed by atoms with Gasteiger partial charge < -0.3 is 5.32 Å². The number of rotatable bonds is 4. The van der Waals surface area contributed by atoms with Crippen LogP contribution in [0.15, 0.2) is 18.2 Å². The Morgan fingerprint density at radius 3 is 2.90 bits per heavy atom. The van der Waals surface area contributed by atoms with Gasteiger partial charge >= 0.3 is 0 Å². The molecule has 0 aliphatic heterocycles. The molecule has 4 nitrogen and oxygen atoms in total. The smallest absolute Gasteiger partial charge is 0.266 e. The van der Waals surface area contributed by atoms with Gasteiger partial charge in [-0.3, -0.25) is 4.79 Å². The lowest BCUT2D eigenvalue weighted by molar-refractivity contribution is 0.102. The average molecular weight is 310 g/mol. The van der Waals surface area contributed by atoms with Crippen LogP contribution in [-0.4, -0.2) is 15.7 Å². The maximum Gasteiger partial charge on any atom is 0.266 e. The van der Waals surface area contributed by atoms with E-state index in [1.165, 1.54) is 24.2 Å². The SMILES string of the molecule is Cc1cc(NC(=O)c2ccc(Cl)s2)n(C(C)C2CC2)n1. The fraction of sp³-hybridized carbons (Fsp3) is 0.429. The van der Waals surface area contributed by atoms with Crippen molar-refractivity contribution in [2.24, 2.45) is 5.92 Å². The van der Waals surface area contributed by atoms with Crippen LogP contribution in [0.25, 0.3) is 0 Å². The van der Waals surface area contributed by atoms with E-state index in [2.05, 4.69) is 17.3 Å². The van der Waals surface area contributed by atoms with Crippen LogP contribution >= 0.6 is 22.9 Å². The summed E-state index contributed by atoms with van der Waals surface area (Å²) in [4.78, 5) is 12.8. The largest absolute Gasteiger partial charge is 0.306 e. The molecular formula is C14H16ClN3OS. The molecule has 1 unspecified atom stereocenters. The lowest BCUT2D eigenvalue weighted by Gasteiger charge is -2.15. The van der Waals surface area contributed by atoms with E-state index in [1.54, 1.807) is 12.1 Å². The molecule has 2 heterocycles. The Bertz CT molecular complexity index is 645. The first-order valence-corrected chi connectivity index (χ1v) is 7.87. The van der Waals surface area contributed by atoms with E-state index >= 15 is 0 Å². The van der Waals surface area contributed by atoms with Gasteiger partial charge in [-0.15, -0.1) is 11.3 Å². The summed E-state index contributed by atoms with van der Waals surface area (Å²) in [7, 11) is 0. The Morgan fingerprint density at radius 1 is 1.55 bits per heavy atom. The van der Waals surface area contributed by atoms with E-state index in [9.17, 15) is 4.79 Å². The first-order valence-electron chi connectivity index (χ1n) is 6.67. The summed E-state index contributed by atoms with van der Waals surface area (Å²) in [5.41, 5.74) is 0.914. The second-order valence-corrected chi connectivity index (χ2v) is 6.97. The molecule has 2 aromatic heterocycles. The van der Waals surface area contributed by atoms with Crippen LogP contribution in [-0.2, 0) is 0 Å². The van der Waals surface area contributed by atoms with Crippen molar-refractivity contribution in [3.63, 3.8) is 0 Å². The van der Waals surface area contributed by atoms with Crippen molar-refractivity contribution in [2.45, 2.75) is 32.7 Å². The van der Waals surface area contributed by atoms with E-state index < -0.39 is 0 Å². The number of amides is 1. The number of hydrogen-bond donors (Lipinski definition) is 1. The van der Waals surface area contributed by atoms with Crippen LogP contribution in [0.3, 0.4) is 0 Å². The number of aromatic nitrogens is 2. The quantitative estimate of drug-likeness (QED) is 0.923. The van der Waals surface area contributed by atoms with Gasteiger partial charge in [0.25, 0.3) is 5.91 Å². The first kappa shape index (κ1) is 13.6. The molecule has 2 aromatic rings. The molecule has 0 saturated heterocycles. The summed E-state index contributed by atoms with van der Waals surface area (Å²) >= 11 is 7.14. The van der Waals surface area contributed by atoms with Gasteiger partial charge in [-0.2, -0.15) is 5.10 Å². The fourth-order valence-electron chi connectivity index (χ4n) is 2.31. The zero-order valence-electron chi connectivity index (χ0n) is 11.4. The number of nitrogens with one attached hydrogen (secondary N) is 1. The third kappa shape index (κ3) is 2.74. The number of halogens is 1. The second kappa shape index (κ2) is 5.22. The predicted molar refractivity (Wildman–Crippen MR) is 81.7 cm³/mol. The van der Waals surface area contributed by atoms with Gasteiger partial charge in [-0.05, 0) is 44.7 Å². The van der Waals surface area contributed by atoms with Crippen LogP contribution in [0, 0.1) is 12.8 Å². The van der Waals surface area contributed by atoms with Crippen LogP contribution < -0.4 is 5.32 Å². The van der Waals surface area contributed by atoms with Crippen molar-refractivity contribution in [1.29, 1.82) is 0 Å². The number of carbonyl (C=O) groups excluding carboxylic acids is 1. The summed E-state index contributed by atoms with van der Waals surface area (Å²) in [5, 5.41) is 7.44. The van der Waals surface area contributed by atoms with Crippen LogP contribution in [0.5, 0.6) is 0 Å². The molecule has 1 N–H and O–H groups in total. The van der Waals surface area contributed by atoms with Gasteiger partial charge in [0.05, 0.1) is 20.9 Å². The zero-order valence-corrected chi connectivity index (χ0v) is 13.0. The standard InChI is InChI=1S/C14H16ClN3OS/c1-8-7-13(18(17-8)9(2)10-3-4-10)16-14(19)11-5-6-12(15)20-11/h5-7,9-10H,3-4H2,1-2H3,(H,16,19). The molecular weight excluding hydrogens is 294 g/mol. The molecule has 1 aliphatic rings. The number of aryl methyl sites for hydroxylation is 1. The average Bonchev–Trinajstić information content (AvgIpc) is 3.06. The molecule has 106 valence electrons. The van der Waals surface area contributed by atoms with Crippen molar-refractivity contribution in [2.75, 3.05) is 5.32 Å². The highest BCUT2D eigenvalue weighted by atomic mass is 35.5. The number of hydrogen-bond acceptors (Lipinski definition) is 3. The Balaban J connectivity index is 1.81. The minimum Gasteiger partial charge on any atom is -0.306 e. The summed E-state index contributed by atoms with van der Waals surface area (Å²) in [6, 6.07) is 5.70. The Morgan fingerprint density at radius 2 is 2.30 bits per heavy atom. The molecule has 1 atom stereocenters. The zero-order chi connectivity index (χ0) is 14.3. The normalized spacial score (nSPS) is 16.1. The van der Waals surface area contributed by atoms with Crippen molar-refractivity contribution in [3.05, 3.63) is 33.1 Å². The summed E-state index contributed by atoms with van der Waals surface area (Å²) in [5.74, 6) is 1.31. The van der Waals surface area contributed by atoms with Gasteiger partial charge in [-0.25, -0.2) is 4.68 Å². The predicted octanol–water partition coefficient (Wildman–Crippen LogP) is 4.13. The lowest BCUT2D eigenvalue weighted by atomic mass is 10.2. The van der Waals surface area contributed by atoms with Crippen LogP contribution in [0.4, 0.5) is 5.82 Å². The Labute approximate surface area is 126 Å². The molecule has 1 saturated carbocycles. The molecule has 6 heteroatoms. The number of anilines is 1. The molecule has 0 radical (unpaired) electrons. The van der Waals surface area contributed by atoms with E-state index in [-0.39, 0.29) is 5.91 Å². The van der Waals surface area contributed by atoms with Crippen molar-refractivity contribution in [3.8, 4) is 0 Å². The highest BCUT2D eigenvalue weighted by Gasteiger charge is 2.31. The maximum atomic E-state index is 12.2. The van der Waals surface area contributed by atoms with Crippen molar-refractivity contribution >= 4 is 34.7 Å². The maximum absolute atomic E-state index is 12.2. The minimum atomic E-state index is -0.133. The topological polar surface area (TPSA) is 46.9 Å². The second-order valence-electron chi connectivity index (χ2n) is 5.25. The Kier molecular flexibility index (Phi) is 3.56. The molecule has 1 aliphatic carbocycles. The van der Waals surface area contributed by atoms with Gasteiger partial charge in [0.2, 0.25) is 0 Å². The third-order valence-corrected chi connectivity index (χ3v) is 4.82. The van der Waals surface area contributed by atoms with Gasteiger partial charge in [0.15, 0.2) is 0 Å². The summed E-state index contributed by atoms with van der Waals surface area (Å²) < 4.78 is 2.55. The highest BCUT2D eigenvalue weighted by Crippen LogP contribution is 2.40. The lowest BCUT2D eigenvalue weighted by Crippen LogP contribution is -2.17. The van der Waals surface area contributed by atoms with Crippen molar-refractivity contribution < 1.29 is 4.79 Å². The van der Waals surface area contributed by atoms with Crippen LogP contribution in [0.2, 0.25) is 4.34 Å². The number of carbonyl (C=O) groups is 1. The molecule has 0 bridgehead atoms. The molecule has 20 heavy (non-hydrogen) atoms. The Hall–Kier alpha value is -1.33. The van der Waals surface area contributed by atoms with Gasteiger partial charge in [-0.1, -0.05) is 11.6 Å². The molecule has 1 amide bonds. The van der Waals surface area contributed by atoms with Crippen LogP contribution in [0.1, 0.15) is 41.2 Å². The highest BCUT2D eigenvalue weighted by molar-refractivity contribution is 7.18. The van der Waals surface area contributed by atoms with E-state index in [1.807, 2.05) is 17.7 Å². The van der Waals surface area contributed by atoms with E-state index in [4.69, 9.17) is 11.6 Å². The molecule has 3 rings (SSSR count). The van der Waals surface area contributed by atoms with Gasteiger partial charge in [0.1, 0.15) is 5.82 Å². The van der Waals surface area contributed by atoms with Gasteiger partial charge in [0, 0.05) is 6.07 Å². The molecule has 0 aromatic carbocycles. The molecule has 0 spiro atoms. The fourth-order valence-corrected chi connectivity index (χ4v) is 3.25. The minimum absolute atomic E-state index is 0.133. The van der Waals surface area contributed by atoms with E-state index in [0.29, 0.717) is 21.2 Å².